The van der Waals surface area contributed by atoms with Crippen LogP contribution in [0.5, 0.6) is 0 Å². The SMILES string of the molecule is CCC1CC=CC(n2cc(CN3CC(O)C3)c(C3CC3)n2)=NC1=Nc1ccc2c(c1)CCN2C. The van der Waals surface area contributed by atoms with E-state index in [-0.39, 0.29) is 6.10 Å². The van der Waals surface area contributed by atoms with E-state index in [1.807, 2.05) is 4.68 Å². The summed E-state index contributed by atoms with van der Waals surface area (Å²) in [6.07, 6.45) is 11.7. The minimum atomic E-state index is -0.182. The highest BCUT2D eigenvalue weighted by Gasteiger charge is 2.32. The van der Waals surface area contributed by atoms with Crippen molar-refractivity contribution in [2.75, 3.05) is 31.6 Å². The number of likely N-dealkylation sites (tertiary alicyclic amines) is 1. The number of amidine groups is 1. The van der Waals surface area contributed by atoms with E-state index in [4.69, 9.17) is 15.1 Å². The Morgan fingerprint density at radius 3 is 2.82 bits per heavy atom. The first-order chi connectivity index (χ1) is 16.6. The van der Waals surface area contributed by atoms with Gasteiger partial charge in [0.15, 0.2) is 5.84 Å². The van der Waals surface area contributed by atoms with E-state index in [1.54, 1.807) is 0 Å². The van der Waals surface area contributed by atoms with Crippen LogP contribution >= 0.6 is 0 Å². The van der Waals surface area contributed by atoms with Gasteiger partial charge in [-0.15, -0.1) is 0 Å². The number of rotatable bonds is 5. The summed E-state index contributed by atoms with van der Waals surface area (Å²) in [5, 5.41) is 14.7. The summed E-state index contributed by atoms with van der Waals surface area (Å²) in [6.45, 7) is 5.64. The van der Waals surface area contributed by atoms with Gasteiger partial charge in [0.2, 0.25) is 0 Å². The molecule has 4 aliphatic rings. The van der Waals surface area contributed by atoms with Gasteiger partial charge in [-0.05, 0) is 61.9 Å². The summed E-state index contributed by atoms with van der Waals surface area (Å²) in [5.74, 6) is 2.60. The molecule has 2 aromatic rings. The molecule has 1 atom stereocenters. The molecule has 1 unspecified atom stereocenters. The number of nitrogens with zero attached hydrogens (tertiary/aromatic N) is 6. The van der Waals surface area contributed by atoms with Crippen molar-refractivity contribution in [1.82, 2.24) is 14.7 Å². The number of aliphatic hydroxyl groups is 1. The molecule has 0 spiro atoms. The molecular formula is C27H34N6O. The van der Waals surface area contributed by atoms with Crippen LogP contribution in [0, 0.1) is 5.92 Å². The Bertz CT molecular complexity index is 1170. The van der Waals surface area contributed by atoms with Crippen molar-refractivity contribution in [3.8, 4) is 0 Å². The van der Waals surface area contributed by atoms with E-state index < -0.39 is 0 Å². The molecule has 7 heteroatoms. The maximum atomic E-state index is 9.68. The molecule has 6 rings (SSSR count). The highest BCUT2D eigenvalue weighted by atomic mass is 16.3. The zero-order valence-electron chi connectivity index (χ0n) is 20.2. The van der Waals surface area contributed by atoms with E-state index in [0.717, 1.165) is 62.8 Å². The van der Waals surface area contributed by atoms with Gasteiger partial charge in [0.1, 0.15) is 5.84 Å². The van der Waals surface area contributed by atoms with E-state index in [1.165, 1.54) is 35.3 Å². The molecule has 2 fully saturated rings. The fourth-order valence-electron chi connectivity index (χ4n) is 5.31. The number of fused-ring (bicyclic) bond motifs is 1. The normalized spacial score (nSPS) is 24.3. The molecule has 0 bridgehead atoms. The number of likely N-dealkylation sites (N-methyl/N-ethyl adjacent to an activating group) is 1. The Hall–Kier alpha value is -2.77. The van der Waals surface area contributed by atoms with Crippen molar-refractivity contribution in [2.24, 2.45) is 15.9 Å². The fourth-order valence-corrected chi connectivity index (χ4v) is 5.31. The van der Waals surface area contributed by atoms with Crippen molar-refractivity contribution in [1.29, 1.82) is 0 Å². The highest BCUT2D eigenvalue weighted by Crippen LogP contribution is 2.41. The van der Waals surface area contributed by atoms with Crippen LogP contribution in [0.15, 0.2) is 46.5 Å². The standard InChI is InChI=1S/C27H34N6O/c1-3-18-5-4-6-25(29-27(18)28-22-9-10-24-20(13-22)11-12-31(24)2)33-15-21(14-32-16-23(34)17-32)26(30-33)19-7-8-19/h4,6,9-10,13,15,18-19,23,34H,3,5,7-8,11-12,14,16-17H2,1-2H3. The predicted octanol–water partition coefficient (Wildman–Crippen LogP) is 3.89. The van der Waals surface area contributed by atoms with Gasteiger partial charge in [0.05, 0.1) is 17.5 Å². The third kappa shape index (κ3) is 4.23. The average molecular weight is 459 g/mol. The lowest BCUT2D eigenvalue weighted by Crippen LogP contribution is -2.49. The second-order valence-electron chi connectivity index (χ2n) is 10.3. The van der Waals surface area contributed by atoms with Gasteiger partial charge in [-0.1, -0.05) is 13.0 Å². The summed E-state index contributed by atoms with van der Waals surface area (Å²) in [7, 11) is 2.15. The lowest BCUT2D eigenvalue weighted by Gasteiger charge is -2.35. The number of aromatic nitrogens is 2. The molecule has 1 saturated heterocycles. The van der Waals surface area contributed by atoms with Crippen LogP contribution in [0.1, 0.15) is 55.3 Å². The van der Waals surface area contributed by atoms with Crippen LogP contribution in [0.25, 0.3) is 0 Å². The second-order valence-corrected chi connectivity index (χ2v) is 10.3. The Morgan fingerprint density at radius 2 is 2.06 bits per heavy atom. The maximum Gasteiger partial charge on any atom is 0.155 e. The monoisotopic (exact) mass is 458 g/mol. The van der Waals surface area contributed by atoms with E-state index in [2.05, 4.69) is 60.3 Å². The van der Waals surface area contributed by atoms with Crippen molar-refractivity contribution < 1.29 is 5.11 Å². The minimum Gasteiger partial charge on any atom is -0.390 e. The van der Waals surface area contributed by atoms with Gasteiger partial charge in [-0.25, -0.2) is 14.7 Å². The molecule has 4 heterocycles. The maximum absolute atomic E-state index is 9.68. The second kappa shape index (κ2) is 8.78. The van der Waals surface area contributed by atoms with Crippen molar-refractivity contribution in [3.05, 3.63) is 53.4 Å². The predicted molar refractivity (Wildman–Crippen MR) is 136 cm³/mol. The van der Waals surface area contributed by atoms with Gasteiger partial charge in [0, 0.05) is 62.5 Å². The van der Waals surface area contributed by atoms with E-state index in [9.17, 15) is 5.11 Å². The average Bonchev–Trinajstić information content (AvgIpc) is 3.52. The summed E-state index contributed by atoms with van der Waals surface area (Å²) in [4.78, 5) is 14.7. The molecule has 0 radical (unpaired) electrons. The number of aliphatic imine (C=N–C) groups is 2. The first kappa shape index (κ1) is 21.7. The Balaban J connectivity index is 1.33. The molecule has 34 heavy (non-hydrogen) atoms. The zero-order chi connectivity index (χ0) is 23.2. The lowest BCUT2D eigenvalue weighted by atomic mass is 10.0. The smallest absolute Gasteiger partial charge is 0.155 e. The van der Waals surface area contributed by atoms with E-state index >= 15 is 0 Å². The zero-order valence-corrected chi connectivity index (χ0v) is 20.2. The third-order valence-electron chi connectivity index (χ3n) is 7.56. The van der Waals surface area contributed by atoms with E-state index in [0.29, 0.717) is 11.8 Å². The number of hydrogen-bond acceptors (Lipinski definition) is 5. The van der Waals surface area contributed by atoms with Crippen molar-refractivity contribution in [3.63, 3.8) is 0 Å². The number of hydrogen-bond donors (Lipinski definition) is 1. The van der Waals surface area contributed by atoms with Crippen molar-refractivity contribution >= 4 is 23.0 Å². The number of benzene rings is 1. The molecule has 1 aliphatic carbocycles. The Kier molecular flexibility index (Phi) is 5.62. The first-order valence-electron chi connectivity index (χ1n) is 12.7. The molecule has 1 saturated carbocycles. The lowest BCUT2D eigenvalue weighted by molar-refractivity contribution is -0.00300. The van der Waals surface area contributed by atoms with Crippen LogP contribution in [-0.4, -0.2) is 64.2 Å². The number of β-amino-alcohol motifs (C(OH)–C–C–N with tert-alkyl or cyclic N) is 1. The summed E-state index contributed by atoms with van der Waals surface area (Å²) < 4.78 is 1.96. The molecule has 7 nitrogen and oxygen atoms in total. The topological polar surface area (TPSA) is 69.2 Å². The molecule has 1 N–H and O–H groups in total. The molecular weight excluding hydrogens is 424 g/mol. The van der Waals surface area contributed by atoms with Crippen LogP contribution in [-0.2, 0) is 13.0 Å². The third-order valence-corrected chi connectivity index (χ3v) is 7.56. The molecule has 1 aromatic carbocycles. The number of aliphatic hydroxyl groups excluding tert-OH is 1. The highest BCUT2D eigenvalue weighted by molar-refractivity contribution is 6.05. The van der Waals surface area contributed by atoms with Crippen LogP contribution in [0.3, 0.4) is 0 Å². The van der Waals surface area contributed by atoms with Gasteiger partial charge in [0.25, 0.3) is 0 Å². The molecule has 178 valence electrons. The summed E-state index contributed by atoms with van der Waals surface area (Å²) in [5.41, 5.74) is 6.14. The quantitative estimate of drug-likeness (QED) is 0.738. The largest absolute Gasteiger partial charge is 0.390 e. The van der Waals surface area contributed by atoms with Gasteiger partial charge in [-0.3, -0.25) is 4.90 Å². The van der Waals surface area contributed by atoms with Gasteiger partial charge < -0.3 is 10.0 Å². The Morgan fingerprint density at radius 1 is 1.21 bits per heavy atom. The fraction of sp³-hybridized carbons (Fsp3) is 0.519. The minimum absolute atomic E-state index is 0.182. The van der Waals surface area contributed by atoms with Gasteiger partial charge in [-0.2, -0.15) is 5.10 Å². The first-order valence-corrected chi connectivity index (χ1v) is 12.7. The summed E-state index contributed by atoms with van der Waals surface area (Å²) >= 11 is 0. The number of anilines is 1. The van der Waals surface area contributed by atoms with Crippen LogP contribution in [0.4, 0.5) is 11.4 Å². The van der Waals surface area contributed by atoms with Crippen LogP contribution < -0.4 is 4.90 Å². The van der Waals surface area contributed by atoms with Gasteiger partial charge >= 0.3 is 0 Å². The molecule has 0 amide bonds. The summed E-state index contributed by atoms with van der Waals surface area (Å²) in [6, 6.07) is 6.54. The molecule has 3 aliphatic heterocycles. The Labute approximate surface area is 201 Å². The van der Waals surface area contributed by atoms with Crippen LogP contribution in [0.2, 0.25) is 0 Å². The molecule has 1 aromatic heterocycles. The van der Waals surface area contributed by atoms with Crippen molar-refractivity contribution in [2.45, 2.75) is 57.6 Å². The number of allylic oxidation sites excluding steroid dienone is 2.